The first-order valence-electron chi connectivity index (χ1n) is 7.17. The number of aliphatic imine (C=N–C) groups is 1. The zero-order valence-corrected chi connectivity index (χ0v) is 13.0. The molecule has 0 radical (unpaired) electrons. The lowest BCUT2D eigenvalue weighted by Gasteiger charge is -2.19. The van der Waals surface area contributed by atoms with Gasteiger partial charge in [-0.2, -0.15) is 0 Å². The van der Waals surface area contributed by atoms with Crippen LogP contribution in [0.5, 0.6) is 0 Å². The summed E-state index contributed by atoms with van der Waals surface area (Å²) in [5.41, 5.74) is 3.70. The Balaban J connectivity index is 3.23. The van der Waals surface area contributed by atoms with Crippen molar-refractivity contribution >= 4 is 11.6 Å². The van der Waals surface area contributed by atoms with Crippen molar-refractivity contribution in [3.05, 3.63) is 47.5 Å². The van der Waals surface area contributed by atoms with E-state index in [2.05, 4.69) is 36.8 Å². The number of nitrogens with one attached hydrogen (secondary N) is 1. The van der Waals surface area contributed by atoms with Gasteiger partial charge in [-0.25, -0.2) is 0 Å². The quantitative estimate of drug-likeness (QED) is 0.598. The maximum atomic E-state index is 11.4. The molecule has 1 atom stereocenters. The van der Waals surface area contributed by atoms with Crippen LogP contribution in [-0.2, 0) is 11.4 Å². The summed E-state index contributed by atoms with van der Waals surface area (Å²) in [5.74, 6) is 0.126. The zero-order chi connectivity index (χ0) is 15.8. The summed E-state index contributed by atoms with van der Waals surface area (Å²) in [6.45, 7) is 7.99. The van der Waals surface area contributed by atoms with Crippen molar-refractivity contribution in [2.75, 3.05) is 13.6 Å². The van der Waals surface area contributed by atoms with Gasteiger partial charge in [0.1, 0.15) is 0 Å². The van der Waals surface area contributed by atoms with Crippen LogP contribution in [0, 0.1) is 0 Å². The lowest BCUT2D eigenvalue weighted by Crippen LogP contribution is -2.29. The highest BCUT2D eigenvalue weighted by atomic mass is 16.3. The van der Waals surface area contributed by atoms with Crippen molar-refractivity contribution < 1.29 is 9.90 Å². The van der Waals surface area contributed by atoms with Gasteiger partial charge in [-0.05, 0) is 29.5 Å². The third-order valence-corrected chi connectivity index (χ3v) is 3.67. The summed E-state index contributed by atoms with van der Waals surface area (Å²) in [4.78, 5) is 15.7. The van der Waals surface area contributed by atoms with Gasteiger partial charge in [0.25, 0.3) is 0 Å². The lowest BCUT2D eigenvalue weighted by molar-refractivity contribution is -0.116. The lowest BCUT2D eigenvalue weighted by atomic mass is 9.88. The van der Waals surface area contributed by atoms with E-state index in [-0.39, 0.29) is 12.5 Å². The fourth-order valence-electron chi connectivity index (χ4n) is 2.26. The maximum Gasteiger partial charge on any atom is 0.243 e. The molecule has 0 fully saturated rings. The second kappa shape index (κ2) is 8.37. The molecular formula is C17H24N2O2. The number of aliphatic hydroxyl groups excluding tert-OH is 1. The van der Waals surface area contributed by atoms with Crippen molar-refractivity contribution in [2.45, 2.75) is 32.8 Å². The minimum absolute atomic E-state index is 0.0476. The molecule has 1 unspecified atom stereocenters. The van der Waals surface area contributed by atoms with Gasteiger partial charge in [-0.3, -0.25) is 9.79 Å². The predicted octanol–water partition coefficient (Wildman–Crippen LogP) is 2.41. The minimum atomic E-state index is -0.234. The molecule has 21 heavy (non-hydrogen) atoms. The van der Waals surface area contributed by atoms with Gasteiger partial charge in [0.15, 0.2) is 0 Å². The molecule has 1 aromatic rings. The average Bonchev–Trinajstić information content (AvgIpc) is 2.54. The molecule has 114 valence electrons. The molecule has 0 heterocycles. The fourth-order valence-corrected chi connectivity index (χ4v) is 2.26. The van der Waals surface area contributed by atoms with Crippen LogP contribution >= 0.6 is 0 Å². The Morgan fingerprint density at radius 1 is 1.52 bits per heavy atom. The summed E-state index contributed by atoms with van der Waals surface area (Å²) in [6.07, 6.45) is 2.23. The van der Waals surface area contributed by atoms with Crippen molar-refractivity contribution in [1.29, 1.82) is 0 Å². The van der Waals surface area contributed by atoms with Crippen molar-refractivity contribution in [1.82, 2.24) is 5.32 Å². The van der Waals surface area contributed by atoms with E-state index in [0.29, 0.717) is 12.5 Å². The SMILES string of the molecule is C=CC(=O)NCC(=NC)c1c(CO)cccc1C(C)CC. The van der Waals surface area contributed by atoms with Crippen LogP contribution in [0.3, 0.4) is 0 Å². The average molecular weight is 288 g/mol. The first-order chi connectivity index (χ1) is 10.1. The van der Waals surface area contributed by atoms with Crippen LogP contribution in [0.1, 0.15) is 42.9 Å². The van der Waals surface area contributed by atoms with E-state index >= 15 is 0 Å². The smallest absolute Gasteiger partial charge is 0.243 e. The highest BCUT2D eigenvalue weighted by Crippen LogP contribution is 2.26. The Morgan fingerprint density at radius 3 is 2.76 bits per heavy atom. The van der Waals surface area contributed by atoms with Crippen LogP contribution < -0.4 is 5.32 Å². The van der Waals surface area contributed by atoms with E-state index in [1.165, 1.54) is 6.08 Å². The molecule has 1 rings (SSSR count). The number of carbonyl (C=O) groups is 1. The first kappa shape index (κ1) is 17.1. The largest absolute Gasteiger partial charge is 0.392 e. The van der Waals surface area contributed by atoms with Gasteiger partial charge < -0.3 is 10.4 Å². The van der Waals surface area contributed by atoms with Crippen LogP contribution in [0.15, 0.2) is 35.8 Å². The number of rotatable bonds is 7. The monoisotopic (exact) mass is 288 g/mol. The molecule has 0 saturated heterocycles. The maximum absolute atomic E-state index is 11.4. The summed E-state index contributed by atoms with van der Waals surface area (Å²) in [7, 11) is 1.70. The van der Waals surface area contributed by atoms with Gasteiger partial charge in [0.05, 0.1) is 18.9 Å². The number of carbonyl (C=O) groups excluding carboxylic acids is 1. The highest BCUT2D eigenvalue weighted by Gasteiger charge is 2.17. The Bertz CT molecular complexity index is 536. The topological polar surface area (TPSA) is 61.7 Å². The number of amides is 1. The van der Waals surface area contributed by atoms with Gasteiger partial charge in [-0.15, -0.1) is 0 Å². The highest BCUT2D eigenvalue weighted by molar-refractivity contribution is 6.06. The van der Waals surface area contributed by atoms with E-state index in [1.54, 1.807) is 7.05 Å². The predicted molar refractivity (Wildman–Crippen MR) is 86.7 cm³/mol. The van der Waals surface area contributed by atoms with Crippen LogP contribution in [0.2, 0.25) is 0 Å². The summed E-state index contributed by atoms with van der Waals surface area (Å²) >= 11 is 0. The van der Waals surface area contributed by atoms with E-state index in [4.69, 9.17) is 0 Å². The first-order valence-corrected chi connectivity index (χ1v) is 7.17. The number of hydrogen-bond acceptors (Lipinski definition) is 3. The molecule has 0 aliphatic heterocycles. The summed E-state index contributed by atoms with van der Waals surface area (Å²) < 4.78 is 0. The normalized spacial score (nSPS) is 12.9. The Morgan fingerprint density at radius 2 is 2.24 bits per heavy atom. The van der Waals surface area contributed by atoms with E-state index < -0.39 is 0 Å². The molecule has 1 aromatic carbocycles. The van der Waals surface area contributed by atoms with Crippen LogP contribution in [-0.4, -0.2) is 30.3 Å². The van der Waals surface area contributed by atoms with E-state index in [1.807, 2.05) is 12.1 Å². The number of aliphatic hydroxyl groups is 1. The van der Waals surface area contributed by atoms with Gasteiger partial charge in [0.2, 0.25) is 5.91 Å². The molecular weight excluding hydrogens is 264 g/mol. The van der Waals surface area contributed by atoms with Crippen LogP contribution in [0.4, 0.5) is 0 Å². The van der Waals surface area contributed by atoms with E-state index in [9.17, 15) is 9.90 Å². The number of nitrogens with zero attached hydrogens (tertiary/aromatic N) is 1. The molecule has 0 spiro atoms. The number of benzene rings is 1. The second-order valence-corrected chi connectivity index (χ2v) is 4.94. The number of hydrogen-bond donors (Lipinski definition) is 2. The van der Waals surface area contributed by atoms with Crippen LogP contribution in [0.25, 0.3) is 0 Å². The molecule has 0 saturated carbocycles. The Labute approximate surface area is 126 Å². The molecule has 1 amide bonds. The van der Waals surface area contributed by atoms with Crippen molar-refractivity contribution in [3.8, 4) is 0 Å². The second-order valence-electron chi connectivity index (χ2n) is 4.94. The molecule has 4 nitrogen and oxygen atoms in total. The minimum Gasteiger partial charge on any atom is -0.392 e. The zero-order valence-electron chi connectivity index (χ0n) is 13.0. The molecule has 0 bridgehead atoms. The van der Waals surface area contributed by atoms with Gasteiger partial charge in [0, 0.05) is 12.6 Å². The molecule has 2 N–H and O–H groups in total. The van der Waals surface area contributed by atoms with Gasteiger partial charge in [-0.1, -0.05) is 38.6 Å². The van der Waals surface area contributed by atoms with Gasteiger partial charge >= 0.3 is 0 Å². The Kier molecular flexibility index (Phi) is 6.82. The standard InChI is InChI=1S/C17H24N2O2/c1-5-12(3)14-9-7-8-13(11-20)17(14)15(18-4)10-19-16(21)6-2/h6-9,12,20H,2,5,10-11H2,1,3-4H3,(H,19,21). The summed E-state index contributed by atoms with van der Waals surface area (Å²) in [5, 5.41) is 12.4. The fraction of sp³-hybridized carbons (Fsp3) is 0.412. The third-order valence-electron chi connectivity index (χ3n) is 3.67. The van der Waals surface area contributed by atoms with E-state index in [0.717, 1.165) is 28.8 Å². The molecule has 4 heteroatoms. The molecule has 0 aliphatic carbocycles. The Hall–Kier alpha value is -1.94. The van der Waals surface area contributed by atoms with Crippen molar-refractivity contribution in [3.63, 3.8) is 0 Å². The third kappa shape index (κ3) is 4.26. The van der Waals surface area contributed by atoms with Crippen molar-refractivity contribution in [2.24, 2.45) is 4.99 Å². The molecule has 0 aliphatic rings. The molecule has 0 aromatic heterocycles. The summed E-state index contributed by atoms with van der Waals surface area (Å²) in [6, 6.07) is 5.90.